The number of halogens is 3. The number of aryl methyl sites for hydroxylation is 1. The van der Waals surface area contributed by atoms with Crippen LogP contribution in [0.15, 0.2) is 30.6 Å². The maximum Gasteiger partial charge on any atom is 0.416 e. The zero-order chi connectivity index (χ0) is 20.3. The van der Waals surface area contributed by atoms with Crippen molar-refractivity contribution < 1.29 is 27.8 Å². The van der Waals surface area contributed by atoms with Crippen LogP contribution < -0.4 is 0 Å². The summed E-state index contributed by atoms with van der Waals surface area (Å²) in [6.45, 7) is 1.67. The first-order valence-electron chi connectivity index (χ1n) is 9.12. The molecule has 1 aliphatic heterocycles. The number of carbonyl (C=O) groups is 1. The number of aromatic nitrogens is 2. The Morgan fingerprint density at radius 3 is 2.79 bits per heavy atom. The van der Waals surface area contributed by atoms with Crippen molar-refractivity contribution in [2.45, 2.75) is 57.4 Å². The van der Waals surface area contributed by atoms with Crippen LogP contribution >= 0.6 is 0 Å². The van der Waals surface area contributed by atoms with Crippen LogP contribution in [0.25, 0.3) is 0 Å². The first kappa shape index (κ1) is 20.3. The summed E-state index contributed by atoms with van der Waals surface area (Å²) >= 11 is 0. The third kappa shape index (κ3) is 4.67. The van der Waals surface area contributed by atoms with Gasteiger partial charge in [0.15, 0.2) is 5.69 Å². The Morgan fingerprint density at radius 1 is 1.29 bits per heavy atom. The molecule has 0 radical (unpaired) electrons. The molecule has 0 unspecified atom stereocenters. The SMILES string of the molecule is Cc1c(CC[C@H]2CCC[C@@H](c3cccc(C(F)(F)F)c3)O2)ncnc1C(=O)O. The van der Waals surface area contributed by atoms with Crippen LogP contribution in [0.3, 0.4) is 0 Å². The van der Waals surface area contributed by atoms with E-state index in [2.05, 4.69) is 9.97 Å². The monoisotopic (exact) mass is 394 g/mol. The molecule has 8 heteroatoms. The molecule has 150 valence electrons. The number of aromatic carboxylic acids is 1. The zero-order valence-corrected chi connectivity index (χ0v) is 15.4. The van der Waals surface area contributed by atoms with Gasteiger partial charge in [0, 0.05) is 11.3 Å². The molecule has 0 aliphatic carbocycles. The van der Waals surface area contributed by atoms with Gasteiger partial charge in [-0.3, -0.25) is 0 Å². The quantitative estimate of drug-likeness (QED) is 0.793. The molecule has 1 aromatic carbocycles. The summed E-state index contributed by atoms with van der Waals surface area (Å²) in [6, 6.07) is 5.28. The van der Waals surface area contributed by atoms with Crippen molar-refractivity contribution in [1.82, 2.24) is 9.97 Å². The number of carboxylic acid groups (broad SMARTS) is 1. The van der Waals surface area contributed by atoms with Crippen LogP contribution in [0.1, 0.15) is 64.7 Å². The van der Waals surface area contributed by atoms with Gasteiger partial charge in [0.1, 0.15) is 6.33 Å². The first-order valence-corrected chi connectivity index (χ1v) is 9.12. The van der Waals surface area contributed by atoms with Crippen molar-refractivity contribution in [1.29, 1.82) is 0 Å². The van der Waals surface area contributed by atoms with Crippen molar-refractivity contribution in [2.24, 2.45) is 0 Å². The van der Waals surface area contributed by atoms with E-state index in [-0.39, 0.29) is 17.9 Å². The Kier molecular flexibility index (Phi) is 5.98. The van der Waals surface area contributed by atoms with E-state index >= 15 is 0 Å². The lowest BCUT2D eigenvalue weighted by Crippen LogP contribution is -2.23. The van der Waals surface area contributed by atoms with E-state index in [0.29, 0.717) is 36.1 Å². The molecule has 0 bridgehead atoms. The Balaban J connectivity index is 1.66. The summed E-state index contributed by atoms with van der Waals surface area (Å²) in [4.78, 5) is 19.1. The number of alkyl halides is 3. The minimum atomic E-state index is -4.38. The van der Waals surface area contributed by atoms with Gasteiger partial charge >= 0.3 is 12.1 Å². The zero-order valence-electron chi connectivity index (χ0n) is 15.4. The molecule has 0 amide bonds. The highest BCUT2D eigenvalue weighted by atomic mass is 19.4. The van der Waals surface area contributed by atoms with E-state index in [4.69, 9.17) is 9.84 Å². The predicted octanol–water partition coefficient (Wildman–Crippen LogP) is 4.75. The van der Waals surface area contributed by atoms with Crippen molar-refractivity contribution in [2.75, 3.05) is 0 Å². The number of hydrogen-bond donors (Lipinski definition) is 1. The molecule has 0 spiro atoms. The average molecular weight is 394 g/mol. The topological polar surface area (TPSA) is 72.3 Å². The number of ether oxygens (including phenoxy) is 1. The number of carboxylic acids is 1. The van der Waals surface area contributed by atoms with Crippen LogP contribution in [-0.2, 0) is 17.3 Å². The normalized spacial score (nSPS) is 20.1. The lowest BCUT2D eigenvalue weighted by molar-refractivity contribution is -0.137. The van der Waals surface area contributed by atoms with Gasteiger partial charge in [0.05, 0.1) is 17.8 Å². The molecule has 2 heterocycles. The van der Waals surface area contributed by atoms with Gasteiger partial charge in [0.25, 0.3) is 0 Å². The second kappa shape index (κ2) is 8.26. The second-order valence-electron chi connectivity index (χ2n) is 6.94. The van der Waals surface area contributed by atoms with E-state index in [9.17, 15) is 18.0 Å². The predicted molar refractivity (Wildman–Crippen MR) is 95.0 cm³/mol. The van der Waals surface area contributed by atoms with Crippen LogP contribution in [0.2, 0.25) is 0 Å². The standard InChI is InChI=1S/C20H21F3N2O3/c1-12-16(24-11-25-18(12)19(26)27)9-8-15-6-3-7-17(28-15)13-4-2-5-14(10-13)20(21,22)23/h2,4-5,10-11,15,17H,3,6-9H2,1H3,(H,26,27)/t15-,17+/m1/s1. The molecular weight excluding hydrogens is 373 g/mol. The summed E-state index contributed by atoms with van der Waals surface area (Å²) in [5.41, 5.74) is 1.02. The fourth-order valence-electron chi connectivity index (χ4n) is 3.52. The molecule has 2 atom stereocenters. The molecule has 28 heavy (non-hydrogen) atoms. The van der Waals surface area contributed by atoms with Crippen LogP contribution in [0.5, 0.6) is 0 Å². The molecular formula is C20H21F3N2O3. The summed E-state index contributed by atoms with van der Waals surface area (Å²) in [7, 11) is 0. The third-order valence-corrected chi connectivity index (χ3v) is 5.03. The minimum Gasteiger partial charge on any atom is -0.477 e. The second-order valence-corrected chi connectivity index (χ2v) is 6.94. The van der Waals surface area contributed by atoms with Crippen molar-refractivity contribution in [3.05, 3.63) is 58.7 Å². The van der Waals surface area contributed by atoms with E-state index < -0.39 is 17.7 Å². The molecule has 1 aromatic heterocycles. The smallest absolute Gasteiger partial charge is 0.416 e. The molecule has 5 nitrogen and oxygen atoms in total. The first-order chi connectivity index (χ1) is 13.3. The highest BCUT2D eigenvalue weighted by molar-refractivity contribution is 5.87. The van der Waals surface area contributed by atoms with Crippen LogP contribution in [-0.4, -0.2) is 27.1 Å². The highest BCUT2D eigenvalue weighted by Crippen LogP contribution is 2.36. The Bertz CT molecular complexity index is 855. The van der Waals surface area contributed by atoms with Crippen molar-refractivity contribution in [3.8, 4) is 0 Å². The van der Waals surface area contributed by atoms with Crippen molar-refractivity contribution >= 4 is 5.97 Å². The van der Waals surface area contributed by atoms with Gasteiger partial charge in [-0.15, -0.1) is 0 Å². The Morgan fingerprint density at radius 2 is 2.07 bits per heavy atom. The van der Waals surface area contributed by atoms with Crippen LogP contribution in [0, 0.1) is 6.92 Å². The molecule has 1 saturated heterocycles. The molecule has 1 fully saturated rings. The van der Waals surface area contributed by atoms with Gasteiger partial charge in [-0.25, -0.2) is 14.8 Å². The van der Waals surface area contributed by atoms with E-state index in [1.807, 2.05) is 0 Å². The summed E-state index contributed by atoms with van der Waals surface area (Å²) in [5, 5.41) is 9.15. The largest absolute Gasteiger partial charge is 0.477 e. The molecule has 1 aliphatic rings. The summed E-state index contributed by atoms with van der Waals surface area (Å²) in [6.07, 6.45) is -0.151. The van der Waals surface area contributed by atoms with E-state index in [1.54, 1.807) is 13.0 Å². The van der Waals surface area contributed by atoms with Gasteiger partial charge in [0.2, 0.25) is 0 Å². The minimum absolute atomic E-state index is 0.0172. The van der Waals surface area contributed by atoms with Gasteiger partial charge in [-0.2, -0.15) is 13.2 Å². The number of nitrogens with zero attached hydrogens (tertiary/aromatic N) is 2. The molecule has 2 aromatic rings. The summed E-state index contributed by atoms with van der Waals surface area (Å²) < 4.78 is 44.9. The maximum absolute atomic E-state index is 13.0. The fraction of sp³-hybridized carbons (Fsp3) is 0.450. The highest BCUT2D eigenvalue weighted by Gasteiger charge is 2.32. The molecule has 1 N–H and O–H groups in total. The van der Waals surface area contributed by atoms with Crippen molar-refractivity contribution in [3.63, 3.8) is 0 Å². The fourth-order valence-corrected chi connectivity index (χ4v) is 3.52. The Hall–Kier alpha value is -2.48. The average Bonchev–Trinajstić information content (AvgIpc) is 2.66. The van der Waals surface area contributed by atoms with E-state index in [1.165, 1.54) is 12.4 Å². The molecule has 3 rings (SSSR count). The lowest BCUT2D eigenvalue weighted by atomic mass is 9.94. The van der Waals surface area contributed by atoms with Gasteiger partial charge in [-0.1, -0.05) is 12.1 Å². The summed E-state index contributed by atoms with van der Waals surface area (Å²) in [5.74, 6) is -1.10. The third-order valence-electron chi connectivity index (χ3n) is 5.03. The van der Waals surface area contributed by atoms with E-state index in [0.717, 1.165) is 25.0 Å². The molecule has 0 saturated carbocycles. The number of rotatable bonds is 5. The number of benzene rings is 1. The van der Waals surface area contributed by atoms with Gasteiger partial charge in [-0.05, 0) is 56.7 Å². The maximum atomic E-state index is 13.0. The lowest BCUT2D eigenvalue weighted by Gasteiger charge is -2.31. The van der Waals surface area contributed by atoms with Gasteiger partial charge < -0.3 is 9.84 Å². The van der Waals surface area contributed by atoms with Crippen LogP contribution in [0.4, 0.5) is 13.2 Å². The Labute approximate surface area is 160 Å². The number of hydrogen-bond acceptors (Lipinski definition) is 4.